The topological polar surface area (TPSA) is 32.8 Å². The number of carbonyl (C=O) groups excluding carboxylic acids is 1. The third kappa shape index (κ3) is 2.55. The fourth-order valence-corrected chi connectivity index (χ4v) is 3.81. The van der Waals surface area contributed by atoms with Crippen molar-refractivity contribution in [1.82, 2.24) is 9.80 Å². The first kappa shape index (κ1) is 13.1. The minimum absolute atomic E-state index is 0.102. The van der Waals surface area contributed by atoms with Crippen LogP contribution in [0, 0.1) is 0 Å². The first-order chi connectivity index (χ1) is 9.15. The van der Waals surface area contributed by atoms with E-state index in [1.165, 1.54) is 4.88 Å². The maximum Gasteiger partial charge on any atom is 0.251 e. The molecule has 3 heterocycles. The van der Waals surface area contributed by atoms with Crippen molar-refractivity contribution < 1.29 is 9.53 Å². The van der Waals surface area contributed by atoms with Gasteiger partial charge in [-0.1, -0.05) is 6.07 Å². The van der Waals surface area contributed by atoms with Crippen molar-refractivity contribution in [2.24, 2.45) is 0 Å². The van der Waals surface area contributed by atoms with Crippen LogP contribution in [0.2, 0.25) is 0 Å². The summed E-state index contributed by atoms with van der Waals surface area (Å²) in [5.74, 6) is 0.102. The van der Waals surface area contributed by atoms with Crippen LogP contribution in [0.3, 0.4) is 0 Å². The molecule has 1 amide bonds. The molecule has 3 rings (SSSR count). The zero-order valence-electron chi connectivity index (χ0n) is 11.4. The van der Waals surface area contributed by atoms with E-state index >= 15 is 0 Å². The van der Waals surface area contributed by atoms with E-state index in [-0.39, 0.29) is 18.1 Å². The number of ether oxygens (including phenoxy) is 1. The van der Waals surface area contributed by atoms with Crippen LogP contribution in [0.15, 0.2) is 17.5 Å². The first-order valence-corrected chi connectivity index (χ1v) is 7.66. The number of thiophene rings is 1. The second-order valence-corrected chi connectivity index (χ2v) is 6.57. The van der Waals surface area contributed by atoms with Crippen molar-refractivity contribution in [3.05, 3.63) is 22.4 Å². The van der Waals surface area contributed by atoms with Gasteiger partial charge in [-0.2, -0.15) is 0 Å². The van der Waals surface area contributed by atoms with Gasteiger partial charge in [-0.05, 0) is 17.9 Å². The zero-order chi connectivity index (χ0) is 13.4. The summed E-state index contributed by atoms with van der Waals surface area (Å²) in [6.07, 6.45) is 1.89. The molecule has 0 N–H and O–H groups in total. The number of hydrogen-bond acceptors (Lipinski definition) is 4. The van der Waals surface area contributed by atoms with Gasteiger partial charge >= 0.3 is 0 Å². The van der Waals surface area contributed by atoms with Crippen LogP contribution in [0.25, 0.3) is 0 Å². The Morgan fingerprint density at radius 1 is 1.58 bits per heavy atom. The van der Waals surface area contributed by atoms with Gasteiger partial charge in [-0.15, -0.1) is 11.3 Å². The smallest absolute Gasteiger partial charge is 0.251 e. The molecule has 0 radical (unpaired) electrons. The Morgan fingerprint density at radius 2 is 2.42 bits per heavy atom. The third-order valence-corrected chi connectivity index (χ3v) is 4.91. The van der Waals surface area contributed by atoms with Crippen LogP contribution in [-0.4, -0.2) is 54.6 Å². The molecule has 2 fully saturated rings. The van der Waals surface area contributed by atoms with Crippen LogP contribution >= 0.6 is 11.3 Å². The fourth-order valence-electron chi connectivity index (χ4n) is 3.08. The first-order valence-electron chi connectivity index (χ1n) is 6.78. The van der Waals surface area contributed by atoms with Gasteiger partial charge in [-0.3, -0.25) is 9.69 Å². The highest BCUT2D eigenvalue weighted by Gasteiger charge is 2.45. The Balaban J connectivity index is 1.64. The Kier molecular flexibility index (Phi) is 3.60. The fraction of sp³-hybridized carbons (Fsp3) is 0.643. The zero-order valence-corrected chi connectivity index (χ0v) is 12.2. The molecule has 0 saturated carbocycles. The van der Waals surface area contributed by atoms with Crippen molar-refractivity contribution in [3.8, 4) is 0 Å². The van der Waals surface area contributed by atoms with E-state index in [4.69, 9.17) is 4.74 Å². The van der Waals surface area contributed by atoms with Gasteiger partial charge in [0.2, 0.25) is 0 Å². The molecule has 19 heavy (non-hydrogen) atoms. The largest absolute Gasteiger partial charge is 0.363 e. The molecule has 0 spiro atoms. The number of nitrogens with zero attached hydrogens (tertiary/aromatic N) is 2. The second kappa shape index (κ2) is 5.23. The average Bonchev–Trinajstić information content (AvgIpc) is 3.07. The van der Waals surface area contributed by atoms with Crippen molar-refractivity contribution in [3.63, 3.8) is 0 Å². The molecular weight excluding hydrogens is 260 g/mol. The summed E-state index contributed by atoms with van der Waals surface area (Å²) in [5, 5.41) is 2.12. The van der Waals surface area contributed by atoms with Gasteiger partial charge in [0.25, 0.3) is 5.91 Å². The summed E-state index contributed by atoms with van der Waals surface area (Å²) in [5.41, 5.74) is 0. The van der Waals surface area contributed by atoms with E-state index in [0.29, 0.717) is 6.04 Å². The van der Waals surface area contributed by atoms with Gasteiger partial charge in [0.05, 0.1) is 6.10 Å². The molecule has 2 saturated heterocycles. The van der Waals surface area contributed by atoms with Crippen LogP contribution < -0.4 is 0 Å². The number of carbonyl (C=O) groups is 1. The SMILES string of the molecule is CN(C)C(=O)[C@@H]1C[C@@H]2[C@@H](CCN2Cc2cccs2)O1. The van der Waals surface area contributed by atoms with E-state index < -0.39 is 0 Å². The molecule has 0 aliphatic carbocycles. The van der Waals surface area contributed by atoms with E-state index in [1.807, 2.05) is 0 Å². The number of likely N-dealkylation sites (tertiary alicyclic amines) is 1. The van der Waals surface area contributed by atoms with Crippen LogP contribution in [0.5, 0.6) is 0 Å². The quantitative estimate of drug-likeness (QED) is 0.842. The predicted molar refractivity (Wildman–Crippen MR) is 75.1 cm³/mol. The lowest BCUT2D eigenvalue weighted by atomic mass is 10.1. The maximum absolute atomic E-state index is 12.0. The van der Waals surface area contributed by atoms with E-state index in [2.05, 4.69) is 22.4 Å². The molecule has 2 aliphatic rings. The van der Waals surface area contributed by atoms with Crippen molar-refractivity contribution in [1.29, 1.82) is 0 Å². The molecule has 4 nitrogen and oxygen atoms in total. The lowest BCUT2D eigenvalue weighted by molar-refractivity contribution is -0.140. The molecule has 1 aromatic heterocycles. The molecule has 5 heteroatoms. The summed E-state index contributed by atoms with van der Waals surface area (Å²) >= 11 is 1.80. The van der Waals surface area contributed by atoms with E-state index in [0.717, 1.165) is 25.9 Å². The summed E-state index contributed by atoms with van der Waals surface area (Å²) in [4.78, 5) is 17.5. The van der Waals surface area contributed by atoms with Gasteiger partial charge in [0, 0.05) is 44.5 Å². The molecule has 0 unspecified atom stereocenters. The van der Waals surface area contributed by atoms with Crippen molar-refractivity contribution in [2.45, 2.75) is 37.6 Å². The molecule has 2 aliphatic heterocycles. The van der Waals surface area contributed by atoms with Gasteiger partial charge in [0.1, 0.15) is 6.10 Å². The van der Waals surface area contributed by atoms with Gasteiger partial charge < -0.3 is 9.64 Å². The molecule has 104 valence electrons. The lowest BCUT2D eigenvalue weighted by Gasteiger charge is -2.22. The standard InChI is InChI=1S/C14H20N2O2S/c1-15(2)14(17)13-8-11-12(18-13)5-6-16(11)9-10-4-3-7-19-10/h3-4,7,11-13H,5-6,8-9H2,1-2H3/t11-,12-,13+/m1/s1. The highest BCUT2D eigenvalue weighted by Crippen LogP contribution is 2.34. The minimum Gasteiger partial charge on any atom is -0.363 e. The van der Waals surface area contributed by atoms with Gasteiger partial charge in [-0.25, -0.2) is 0 Å². The molecule has 0 aromatic carbocycles. The summed E-state index contributed by atoms with van der Waals surface area (Å²) < 4.78 is 5.93. The number of amides is 1. The summed E-state index contributed by atoms with van der Waals surface area (Å²) in [7, 11) is 3.59. The lowest BCUT2D eigenvalue weighted by Crippen LogP contribution is -2.35. The molecular formula is C14H20N2O2S. The third-order valence-electron chi connectivity index (χ3n) is 4.05. The Labute approximate surface area is 118 Å². The number of rotatable bonds is 3. The highest BCUT2D eigenvalue weighted by atomic mass is 32.1. The van der Waals surface area contributed by atoms with E-state index in [1.54, 1.807) is 30.3 Å². The van der Waals surface area contributed by atoms with Crippen LogP contribution in [0.4, 0.5) is 0 Å². The number of hydrogen-bond donors (Lipinski definition) is 0. The Morgan fingerprint density at radius 3 is 3.11 bits per heavy atom. The molecule has 0 bridgehead atoms. The Hall–Kier alpha value is -0.910. The summed E-state index contributed by atoms with van der Waals surface area (Å²) in [6, 6.07) is 4.68. The Bertz CT molecular complexity index is 446. The van der Waals surface area contributed by atoms with Crippen LogP contribution in [0.1, 0.15) is 17.7 Å². The normalized spacial score (nSPS) is 30.5. The monoisotopic (exact) mass is 280 g/mol. The highest BCUT2D eigenvalue weighted by molar-refractivity contribution is 7.09. The van der Waals surface area contributed by atoms with Crippen molar-refractivity contribution in [2.75, 3.05) is 20.6 Å². The number of likely N-dealkylation sites (N-methyl/N-ethyl adjacent to an activating group) is 1. The molecule has 3 atom stereocenters. The van der Waals surface area contributed by atoms with E-state index in [9.17, 15) is 4.79 Å². The van der Waals surface area contributed by atoms with Crippen molar-refractivity contribution >= 4 is 17.2 Å². The number of fused-ring (bicyclic) bond motifs is 1. The molecule has 1 aromatic rings. The van der Waals surface area contributed by atoms with Gasteiger partial charge in [0.15, 0.2) is 0 Å². The van der Waals surface area contributed by atoms with Crippen LogP contribution in [-0.2, 0) is 16.1 Å². The minimum atomic E-state index is -0.240. The second-order valence-electron chi connectivity index (χ2n) is 5.54. The summed E-state index contributed by atoms with van der Waals surface area (Å²) in [6.45, 7) is 2.07. The maximum atomic E-state index is 12.0. The predicted octanol–water partition coefficient (Wildman–Crippen LogP) is 1.57. The average molecular weight is 280 g/mol.